The average Bonchev–Trinajstić information content (AvgIpc) is 2.90. The first-order valence-corrected chi connectivity index (χ1v) is 8.49. The minimum absolute atomic E-state index is 0.0277. The van der Waals surface area contributed by atoms with Crippen molar-refractivity contribution >= 4 is 33.7 Å². The zero-order chi connectivity index (χ0) is 15.5. The molecule has 0 radical (unpaired) electrons. The maximum absolute atomic E-state index is 12.8. The second-order valence-electron chi connectivity index (χ2n) is 5.20. The first kappa shape index (κ1) is 14.9. The van der Waals surface area contributed by atoms with E-state index in [-0.39, 0.29) is 5.56 Å². The molecule has 0 bridgehead atoms. The number of para-hydroxylation sites is 1. The van der Waals surface area contributed by atoms with Crippen LogP contribution in [0.3, 0.4) is 0 Å². The topological polar surface area (TPSA) is 50.7 Å². The molecule has 0 saturated carbocycles. The molecule has 0 amide bonds. The standard InChI is InChI=1S/C17H19N3OS/c1-3-5-11-22-17-19-14-12-8-6-7-9-13(12)18-15(14)16(21)20(17)10-4-2/h4,6-9,18H,2-3,5,10-11H2,1H3. The first-order chi connectivity index (χ1) is 10.8. The van der Waals surface area contributed by atoms with Crippen LogP contribution in [0.1, 0.15) is 19.8 Å². The van der Waals surface area contributed by atoms with Crippen LogP contribution in [0.15, 0.2) is 46.9 Å². The number of H-pyrrole nitrogens is 1. The predicted octanol–water partition coefficient (Wildman–Crippen LogP) is 3.96. The van der Waals surface area contributed by atoms with Crippen molar-refractivity contribution < 1.29 is 0 Å². The van der Waals surface area contributed by atoms with Crippen molar-refractivity contribution in [2.24, 2.45) is 0 Å². The second kappa shape index (κ2) is 6.40. The SMILES string of the molecule is C=CCn1c(SCCCC)nc2c([nH]c3ccccc32)c1=O. The molecule has 4 nitrogen and oxygen atoms in total. The summed E-state index contributed by atoms with van der Waals surface area (Å²) in [4.78, 5) is 20.7. The van der Waals surface area contributed by atoms with Crippen LogP contribution in [-0.2, 0) is 6.54 Å². The molecule has 0 spiro atoms. The van der Waals surface area contributed by atoms with E-state index in [9.17, 15) is 4.79 Å². The molecule has 0 atom stereocenters. The van der Waals surface area contributed by atoms with Gasteiger partial charge in [0.25, 0.3) is 5.56 Å². The number of nitrogens with zero attached hydrogens (tertiary/aromatic N) is 2. The third kappa shape index (κ3) is 2.57. The molecule has 22 heavy (non-hydrogen) atoms. The quantitative estimate of drug-likeness (QED) is 0.324. The van der Waals surface area contributed by atoms with E-state index in [1.165, 1.54) is 0 Å². The van der Waals surface area contributed by atoms with Crippen LogP contribution >= 0.6 is 11.8 Å². The summed E-state index contributed by atoms with van der Waals surface area (Å²) in [5, 5.41) is 1.77. The highest BCUT2D eigenvalue weighted by Gasteiger charge is 2.14. The van der Waals surface area contributed by atoms with Crippen LogP contribution in [0.2, 0.25) is 0 Å². The van der Waals surface area contributed by atoms with E-state index in [1.807, 2.05) is 24.3 Å². The van der Waals surface area contributed by atoms with Crippen LogP contribution < -0.4 is 5.56 Å². The van der Waals surface area contributed by atoms with E-state index >= 15 is 0 Å². The Bertz CT molecular complexity index is 879. The molecule has 0 unspecified atom stereocenters. The zero-order valence-corrected chi connectivity index (χ0v) is 13.4. The first-order valence-electron chi connectivity index (χ1n) is 7.51. The summed E-state index contributed by atoms with van der Waals surface area (Å²) in [6, 6.07) is 7.89. The number of hydrogen-bond donors (Lipinski definition) is 1. The molecule has 2 heterocycles. The molecule has 0 fully saturated rings. The third-order valence-corrected chi connectivity index (χ3v) is 4.68. The van der Waals surface area contributed by atoms with Gasteiger partial charge in [0.1, 0.15) is 11.0 Å². The molecule has 1 aromatic carbocycles. The molecule has 3 aromatic rings. The van der Waals surface area contributed by atoms with E-state index in [0.29, 0.717) is 12.1 Å². The zero-order valence-electron chi connectivity index (χ0n) is 12.6. The Morgan fingerprint density at radius 3 is 3.00 bits per heavy atom. The molecule has 2 aromatic heterocycles. The number of aromatic nitrogens is 3. The number of fused-ring (bicyclic) bond motifs is 3. The Morgan fingerprint density at radius 2 is 2.23 bits per heavy atom. The summed E-state index contributed by atoms with van der Waals surface area (Å²) in [5.74, 6) is 0.966. The molecule has 0 aliphatic carbocycles. The highest BCUT2D eigenvalue weighted by molar-refractivity contribution is 7.99. The number of rotatable bonds is 6. The van der Waals surface area contributed by atoms with Gasteiger partial charge in [-0.2, -0.15) is 0 Å². The van der Waals surface area contributed by atoms with Crippen LogP contribution in [-0.4, -0.2) is 20.3 Å². The van der Waals surface area contributed by atoms with Crippen LogP contribution in [0.4, 0.5) is 0 Å². The number of allylic oxidation sites excluding steroid dienone is 1. The van der Waals surface area contributed by atoms with Crippen molar-refractivity contribution in [3.63, 3.8) is 0 Å². The molecular weight excluding hydrogens is 294 g/mol. The Balaban J connectivity index is 2.22. The number of benzene rings is 1. The minimum atomic E-state index is -0.0277. The van der Waals surface area contributed by atoms with Crippen LogP contribution in [0.5, 0.6) is 0 Å². The van der Waals surface area contributed by atoms with Gasteiger partial charge in [0.05, 0.1) is 0 Å². The van der Waals surface area contributed by atoms with Gasteiger partial charge < -0.3 is 4.98 Å². The lowest BCUT2D eigenvalue weighted by Gasteiger charge is -2.09. The molecule has 1 N–H and O–H groups in total. The molecule has 3 rings (SSSR count). The fourth-order valence-corrected chi connectivity index (χ4v) is 3.57. The minimum Gasteiger partial charge on any atom is -0.349 e. The monoisotopic (exact) mass is 313 g/mol. The van der Waals surface area contributed by atoms with Crippen LogP contribution in [0, 0.1) is 0 Å². The van der Waals surface area contributed by atoms with E-state index in [0.717, 1.165) is 40.2 Å². The molecule has 0 saturated heterocycles. The van der Waals surface area contributed by atoms with Crippen molar-refractivity contribution in [2.75, 3.05) is 5.75 Å². The van der Waals surface area contributed by atoms with E-state index in [4.69, 9.17) is 4.98 Å². The number of hydrogen-bond acceptors (Lipinski definition) is 3. The summed E-state index contributed by atoms with van der Waals surface area (Å²) >= 11 is 1.64. The largest absolute Gasteiger partial charge is 0.349 e. The summed E-state index contributed by atoms with van der Waals surface area (Å²) < 4.78 is 1.70. The summed E-state index contributed by atoms with van der Waals surface area (Å²) in [7, 11) is 0. The van der Waals surface area contributed by atoms with Crippen molar-refractivity contribution in [1.82, 2.24) is 14.5 Å². The molecule has 0 aliphatic rings. The number of thioether (sulfide) groups is 1. The smallest absolute Gasteiger partial charge is 0.278 e. The molecular formula is C17H19N3OS. The molecule has 114 valence electrons. The highest BCUT2D eigenvalue weighted by atomic mass is 32.2. The van der Waals surface area contributed by atoms with E-state index in [2.05, 4.69) is 18.5 Å². The van der Waals surface area contributed by atoms with Crippen molar-refractivity contribution in [1.29, 1.82) is 0 Å². The highest BCUT2D eigenvalue weighted by Crippen LogP contribution is 2.25. The average molecular weight is 313 g/mol. The Morgan fingerprint density at radius 1 is 1.41 bits per heavy atom. The van der Waals surface area contributed by atoms with Crippen molar-refractivity contribution in [2.45, 2.75) is 31.5 Å². The normalized spacial score (nSPS) is 11.3. The van der Waals surface area contributed by atoms with Gasteiger partial charge in [0, 0.05) is 23.2 Å². The Labute approximate surface area is 133 Å². The summed E-state index contributed by atoms with van der Waals surface area (Å²) in [5.41, 5.74) is 2.26. The lowest BCUT2D eigenvalue weighted by molar-refractivity contribution is 0.670. The number of nitrogens with one attached hydrogen (secondary N) is 1. The Kier molecular flexibility index (Phi) is 4.34. The molecule has 5 heteroatoms. The maximum Gasteiger partial charge on any atom is 0.278 e. The number of unbranched alkanes of at least 4 members (excludes halogenated alkanes) is 1. The lowest BCUT2D eigenvalue weighted by atomic mass is 10.2. The number of aromatic amines is 1. The summed E-state index contributed by atoms with van der Waals surface area (Å²) in [6.45, 7) is 6.39. The van der Waals surface area contributed by atoms with Gasteiger partial charge in [-0.15, -0.1) is 6.58 Å². The fraction of sp³-hybridized carbons (Fsp3) is 0.294. The lowest BCUT2D eigenvalue weighted by Crippen LogP contribution is -2.22. The maximum atomic E-state index is 12.8. The van der Waals surface area contributed by atoms with E-state index in [1.54, 1.807) is 22.4 Å². The van der Waals surface area contributed by atoms with Crippen molar-refractivity contribution in [3.05, 3.63) is 47.3 Å². The van der Waals surface area contributed by atoms with Crippen molar-refractivity contribution in [3.8, 4) is 0 Å². The fourth-order valence-electron chi connectivity index (χ4n) is 2.48. The van der Waals surface area contributed by atoms with Crippen LogP contribution in [0.25, 0.3) is 21.9 Å². The van der Waals surface area contributed by atoms with E-state index < -0.39 is 0 Å². The van der Waals surface area contributed by atoms with Gasteiger partial charge in [-0.05, 0) is 12.5 Å². The Hall–Kier alpha value is -2.01. The molecule has 0 aliphatic heterocycles. The second-order valence-corrected chi connectivity index (χ2v) is 6.26. The van der Waals surface area contributed by atoms with Gasteiger partial charge in [-0.1, -0.05) is 49.4 Å². The predicted molar refractivity (Wildman–Crippen MR) is 93.7 cm³/mol. The third-order valence-electron chi connectivity index (χ3n) is 3.62. The van der Waals surface area contributed by atoms with Gasteiger partial charge in [-0.25, -0.2) is 4.98 Å². The van der Waals surface area contributed by atoms with Gasteiger partial charge in [0.2, 0.25) is 0 Å². The van der Waals surface area contributed by atoms with Gasteiger partial charge in [0.15, 0.2) is 5.16 Å². The van der Waals surface area contributed by atoms with Gasteiger partial charge >= 0.3 is 0 Å². The summed E-state index contributed by atoms with van der Waals surface area (Å²) in [6.07, 6.45) is 3.98. The van der Waals surface area contributed by atoms with Gasteiger partial charge in [-0.3, -0.25) is 9.36 Å².